The second kappa shape index (κ2) is 7.25. The van der Waals surface area contributed by atoms with Crippen LogP contribution in [0.3, 0.4) is 0 Å². The van der Waals surface area contributed by atoms with Gasteiger partial charge in [-0.2, -0.15) is 0 Å². The average Bonchev–Trinajstić information content (AvgIpc) is 2.68. The molecule has 1 saturated heterocycles. The van der Waals surface area contributed by atoms with Crippen LogP contribution in [0.4, 0.5) is 10.2 Å². The molecule has 134 valence electrons. The SMILES string of the molecule is COc1cc2c(N3CCN(Cc4ccccc4)CC3)ncnc2cc1F. The maximum atomic E-state index is 13.9. The molecule has 1 aliphatic rings. The van der Waals surface area contributed by atoms with Crippen LogP contribution in [-0.2, 0) is 6.54 Å². The van der Waals surface area contributed by atoms with E-state index in [9.17, 15) is 4.39 Å². The molecule has 3 aromatic rings. The fourth-order valence-electron chi connectivity index (χ4n) is 3.41. The van der Waals surface area contributed by atoms with Gasteiger partial charge in [0.15, 0.2) is 11.6 Å². The Hall–Kier alpha value is -2.73. The maximum absolute atomic E-state index is 13.9. The predicted molar refractivity (Wildman–Crippen MR) is 100.0 cm³/mol. The summed E-state index contributed by atoms with van der Waals surface area (Å²) < 4.78 is 19.1. The van der Waals surface area contributed by atoms with Gasteiger partial charge >= 0.3 is 0 Å². The van der Waals surface area contributed by atoms with Gasteiger partial charge in [0, 0.05) is 44.2 Å². The number of piperazine rings is 1. The van der Waals surface area contributed by atoms with E-state index in [-0.39, 0.29) is 5.75 Å². The summed E-state index contributed by atoms with van der Waals surface area (Å²) in [5, 5.41) is 0.822. The summed E-state index contributed by atoms with van der Waals surface area (Å²) in [5.41, 5.74) is 1.92. The highest BCUT2D eigenvalue weighted by Gasteiger charge is 2.21. The Morgan fingerprint density at radius 3 is 2.54 bits per heavy atom. The molecule has 5 nitrogen and oxygen atoms in total. The number of aromatic nitrogens is 2. The third-order valence-corrected chi connectivity index (χ3v) is 4.81. The van der Waals surface area contributed by atoms with Crippen LogP contribution in [0.2, 0.25) is 0 Å². The monoisotopic (exact) mass is 352 g/mol. The summed E-state index contributed by atoms with van der Waals surface area (Å²) in [5.74, 6) is 0.654. The molecule has 0 amide bonds. The minimum absolute atomic E-state index is 0.219. The fourth-order valence-corrected chi connectivity index (χ4v) is 3.41. The van der Waals surface area contributed by atoms with E-state index in [4.69, 9.17) is 4.74 Å². The van der Waals surface area contributed by atoms with E-state index in [0.717, 1.165) is 43.9 Å². The van der Waals surface area contributed by atoms with Crippen LogP contribution < -0.4 is 9.64 Å². The molecular formula is C20H21FN4O. The van der Waals surface area contributed by atoms with Crippen molar-refractivity contribution in [3.63, 3.8) is 0 Å². The normalized spacial score (nSPS) is 15.4. The Kier molecular flexibility index (Phi) is 4.67. The van der Waals surface area contributed by atoms with Gasteiger partial charge in [-0.3, -0.25) is 4.90 Å². The number of hydrogen-bond acceptors (Lipinski definition) is 5. The van der Waals surface area contributed by atoms with Gasteiger partial charge < -0.3 is 9.64 Å². The number of halogens is 1. The lowest BCUT2D eigenvalue weighted by Crippen LogP contribution is -2.46. The van der Waals surface area contributed by atoms with Gasteiger partial charge in [0.2, 0.25) is 0 Å². The van der Waals surface area contributed by atoms with E-state index in [1.807, 2.05) is 6.07 Å². The van der Waals surface area contributed by atoms with Crippen molar-refractivity contribution in [2.24, 2.45) is 0 Å². The van der Waals surface area contributed by atoms with E-state index in [2.05, 4.69) is 44.0 Å². The number of rotatable bonds is 4. The highest BCUT2D eigenvalue weighted by Crippen LogP contribution is 2.29. The van der Waals surface area contributed by atoms with Crippen molar-refractivity contribution in [3.05, 3.63) is 60.2 Å². The number of fused-ring (bicyclic) bond motifs is 1. The van der Waals surface area contributed by atoms with Crippen molar-refractivity contribution in [1.29, 1.82) is 0 Å². The zero-order valence-electron chi connectivity index (χ0n) is 14.7. The lowest BCUT2D eigenvalue weighted by Gasteiger charge is -2.35. The quantitative estimate of drug-likeness (QED) is 0.722. The number of benzene rings is 2. The Bertz CT molecular complexity index is 895. The second-order valence-electron chi connectivity index (χ2n) is 6.45. The second-order valence-corrected chi connectivity index (χ2v) is 6.45. The van der Waals surface area contributed by atoms with E-state index in [1.54, 1.807) is 6.07 Å². The number of hydrogen-bond donors (Lipinski definition) is 0. The molecule has 6 heteroatoms. The van der Waals surface area contributed by atoms with Gasteiger partial charge in [0.25, 0.3) is 0 Å². The molecule has 0 aliphatic carbocycles. The first-order valence-corrected chi connectivity index (χ1v) is 8.74. The summed E-state index contributed by atoms with van der Waals surface area (Å²) in [4.78, 5) is 13.3. The highest BCUT2D eigenvalue weighted by atomic mass is 19.1. The average molecular weight is 352 g/mol. The minimum atomic E-state index is -0.405. The number of anilines is 1. The van der Waals surface area contributed by atoms with Crippen molar-refractivity contribution in [1.82, 2.24) is 14.9 Å². The predicted octanol–water partition coefficient (Wildman–Crippen LogP) is 3.10. The summed E-state index contributed by atoms with van der Waals surface area (Å²) in [7, 11) is 1.47. The molecule has 0 radical (unpaired) electrons. The highest BCUT2D eigenvalue weighted by molar-refractivity contribution is 5.90. The van der Waals surface area contributed by atoms with Crippen LogP contribution in [0.15, 0.2) is 48.8 Å². The summed E-state index contributed by atoms with van der Waals surface area (Å²) in [6.45, 7) is 4.62. The molecule has 0 unspecified atom stereocenters. The topological polar surface area (TPSA) is 41.5 Å². The van der Waals surface area contributed by atoms with E-state index < -0.39 is 5.82 Å². The molecular weight excluding hydrogens is 331 g/mol. The summed E-state index contributed by atoms with van der Waals surface area (Å²) in [6.07, 6.45) is 1.50. The van der Waals surface area contributed by atoms with Crippen molar-refractivity contribution in [3.8, 4) is 5.75 Å². The molecule has 0 N–H and O–H groups in total. The first kappa shape index (κ1) is 16.7. The minimum Gasteiger partial charge on any atom is -0.494 e. The Morgan fingerprint density at radius 1 is 1.04 bits per heavy atom. The number of methoxy groups -OCH3 is 1. The zero-order valence-corrected chi connectivity index (χ0v) is 14.7. The standard InChI is InChI=1S/C20H21FN4O/c1-26-19-11-16-18(12-17(19)21)22-14-23-20(16)25-9-7-24(8-10-25)13-15-5-3-2-4-6-15/h2-6,11-12,14H,7-10,13H2,1H3. The third-order valence-electron chi connectivity index (χ3n) is 4.81. The molecule has 1 aromatic heterocycles. The van der Waals surface area contributed by atoms with Crippen molar-refractivity contribution in [2.45, 2.75) is 6.54 Å². The molecule has 0 atom stereocenters. The summed E-state index contributed by atoms with van der Waals surface area (Å²) >= 11 is 0. The molecule has 0 saturated carbocycles. The lowest BCUT2D eigenvalue weighted by molar-refractivity contribution is 0.249. The molecule has 2 aromatic carbocycles. The van der Waals surface area contributed by atoms with Crippen LogP contribution in [0.1, 0.15) is 5.56 Å². The van der Waals surface area contributed by atoms with Gasteiger partial charge in [-0.15, -0.1) is 0 Å². The van der Waals surface area contributed by atoms with Crippen molar-refractivity contribution < 1.29 is 9.13 Å². The first-order chi connectivity index (χ1) is 12.7. The fraction of sp³-hybridized carbons (Fsp3) is 0.300. The Balaban J connectivity index is 1.52. The van der Waals surface area contributed by atoms with Gasteiger partial charge in [-0.25, -0.2) is 14.4 Å². The van der Waals surface area contributed by atoms with E-state index in [0.29, 0.717) is 5.52 Å². The molecule has 4 rings (SSSR count). The van der Waals surface area contributed by atoms with Crippen LogP contribution in [-0.4, -0.2) is 48.2 Å². The van der Waals surface area contributed by atoms with Crippen LogP contribution >= 0.6 is 0 Å². The smallest absolute Gasteiger partial charge is 0.167 e. The Morgan fingerprint density at radius 2 is 1.81 bits per heavy atom. The van der Waals surface area contributed by atoms with E-state index in [1.165, 1.54) is 25.1 Å². The van der Waals surface area contributed by atoms with Crippen molar-refractivity contribution in [2.75, 3.05) is 38.2 Å². The van der Waals surface area contributed by atoms with E-state index >= 15 is 0 Å². The maximum Gasteiger partial charge on any atom is 0.167 e. The Labute approximate surface area is 152 Å². The first-order valence-electron chi connectivity index (χ1n) is 8.74. The van der Waals surface area contributed by atoms with Gasteiger partial charge in [0.05, 0.1) is 12.6 Å². The molecule has 1 fully saturated rings. The number of ether oxygens (including phenoxy) is 1. The molecule has 26 heavy (non-hydrogen) atoms. The summed E-state index contributed by atoms with van der Waals surface area (Å²) in [6, 6.07) is 13.6. The molecule has 2 heterocycles. The van der Waals surface area contributed by atoms with Gasteiger partial charge in [-0.05, 0) is 11.6 Å². The van der Waals surface area contributed by atoms with Crippen molar-refractivity contribution >= 4 is 16.7 Å². The molecule has 0 spiro atoms. The largest absolute Gasteiger partial charge is 0.494 e. The van der Waals surface area contributed by atoms with Crippen LogP contribution in [0.5, 0.6) is 5.75 Å². The van der Waals surface area contributed by atoms with Crippen LogP contribution in [0.25, 0.3) is 10.9 Å². The third kappa shape index (κ3) is 3.32. The van der Waals surface area contributed by atoms with Gasteiger partial charge in [-0.1, -0.05) is 30.3 Å². The molecule has 0 bridgehead atoms. The van der Waals surface area contributed by atoms with Crippen LogP contribution in [0, 0.1) is 5.82 Å². The number of nitrogens with zero attached hydrogens (tertiary/aromatic N) is 4. The zero-order chi connectivity index (χ0) is 17.9. The lowest BCUT2D eigenvalue weighted by atomic mass is 10.1. The molecule has 1 aliphatic heterocycles. The van der Waals surface area contributed by atoms with Gasteiger partial charge in [0.1, 0.15) is 12.1 Å².